The number of hydrogen-bond acceptors (Lipinski definition) is 2. The zero-order valence-electron chi connectivity index (χ0n) is 8.09. The minimum absolute atomic E-state index is 0.0729. The highest BCUT2D eigenvalue weighted by Gasteiger charge is 2.45. The molecule has 0 amide bonds. The van der Waals surface area contributed by atoms with Crippen molar-refractivity contribution in [1.29, 1.82) is 5.26 Å². The smallest absolute Gasteiger partial charge is 0.0690 e. The monoisotopic (exact) mass is 167 g/mol. The van der Waals surface area contributed by atoms with E-state index in [4.69, 9.17) is 5.26 Å². The van der Waals surface area contributed by atoms with Gasteiger partial charge >= 0.3 is 0 Å². The molecule has 3 atom stereocenters. The normalized spacial score (nSPS) is 48.4. The van der Waals surface area contributed by atoms with Gasteiger partial charge in [-0.2, -0.15) is 5.26 Å². The Morgan fingerprint density at radius 3 is 2.42 bits per heavy atom. The summed E-state index contributed by atoms with van der Waals surface area (Å²) in [5.41, 5.74) is -0.982. The Hall–Kier alpha value is -0.550. The second-order valence-electron chi connectivity index (χ2n) is 4.46. The van der Waals surface area contributed by atoms with Gasteiger partial charge in [0.25, 0.3) is 0 Å². The fourth-order valence-corrected chi connectivity index (χ4v) is 2.09. The lowest BCUT2D eigenvalue weighted by Gasteiger charge is -2.44. The van der Waals surface area contributed by atoms with Gasteiger partial charge in [-0.1, -0.05) is 6.92 Å². The van der Waals surface area contributed by atoms with Crippen LogP contribution >= 0.6 is 0 Å². The molecule has 68 valence electrons. The fraction of sp³-hybridized carbons (Fsp3) is 0.900. The lowest BCUT2D eigenvalue weighted by Crippen LogP contribution is -2.45. The third kappa shape index (κ3) is 1.34. The molecule has 0 aromatic rings. The van der Waals surface area contributed by atoms with Gasteiger partial charge in [0.05, 0.1) is 17.1 Å². The molecule has 0 spiro atoms. The molecule has 0 saturated heterocycles. The summed E-state index contributed by atoms with van der Waals surface area (Å²) in [6.45, 7) is 5.76. The summed E-state index contributed by atoms with van der Waals surface area (Å²) in [5, 5.41) is 19.0. The third-order valence-electron chi connectivity index (χ3n) is 3.52. The van der Waals surface area contributed by atoms with E-state index in [1.165, 1.54) is 0 Å². The Morgan fingerprint density at radius 2 is 2.00 bits per heavy atom. The van der Waals surface area contributed by atoms with Crippen LogP contribution in [-0.2, 0) is 0 Å². The Kier molecular flexibility index (Phi) is 2.18. The standard InChI is InChI=1S/C10H17NO/c1-8-9(2,7-11)5-4-6-10(8,3)12/h8,12H,4-6H2,1-3H3. The van der Waals surface area contributed by atoms with E-state index in [1.807, 2.05) is 20.8 Å². The molecule has 0 radical (unpaired) electrons. The second kappa shape index (κ2) is 2.74. The van der Waals surface area contributed by atoms with Gasteiger partial charge in [-0.25, -0.2) is 0 Å². The van der Waals surface area contributed by atoms with E-state index in [-0.39, 0.29) is 11.3 Å². The Labute approximate surface area is 74.2 Å². The lowest BCUT2D eigenvalue weighted by atomic mass is 9.62. The first-order chi connectivity index (χ1) is 5.42. The van der Waals surface area contributed by atoms with Gasteiger partial charge in [-0.05, 0) is 33.1 Å². The molecule has 1 saturated carbocycles. The van der Waals surface area contributed by atoms with Crippen LogP contribution in [0.25, 0.3) is 0 Å². The van der Waals surface area contributed by atoms with E-state index in [1.54, 1.807) is 0 Å². The molecule has 0 aromatic heterocycles. The predicted octanol–water partition coefficient (Wildman–Crippen LogP) is 2.09. The number of rotatable bonds is 0. The largest absolute Gasteiger partial charge is 0.390 e. The van der Waals surface area contributed by atoms with Crippen molar-refractivity contribution in [3.8, 4) is 6.07 Å². The van der Waals surface area contributed by atoms with Crippen LogP contribution in [0.1, 0.15) is 40.0 Å². The number of aliphatic hydroxyl groups is 1. The highest BCUT2D eigenvalue weighted by molar-refractivity contribution is 5.06. The van der Waals surface area contributed by atoms with Crippen molar-refractivity contribution in [3.05, 3.63) is 0 Å². The maximum absolute atomic E-state index is 9.96. The molecular weight excluding hydrogens is 150 g/mol. The van der Waals surface area contributed by atoms with Crippen molar-refractivity contribution in [2.45, 2.75) is 45.6 Å². The molecule has 0 aliphatic heterocycles. The first kappa shape index (κ1) is 9.54. The van der Waals surface area contributed by atoms with Crippen molar-refractivity contribution in [1.82, 2.24) is 0 Å². The predicted molar refractivity (Wildman–Crippen MR) is 47.4 cm³/mol. The van der Waals surface area contributed by atoms with Crippen LogP contribution in [0.5, 0.6) is 0 Å². The van der Waals surface area contributed by atoms with Gasteiger partial charge in [0, 0.05) is 5.92 Å². The molecule has 1 aliphatic carbocycles. The summed E-state index contributed by atoms with van der Waals surface area (Å²) in [6, 6.07) is 2.33. The van der Waals surface area contributed by atoms with E-state index in [2.05, 4.69) is 6.07 Å². The molecule has 12 heavy (non-hydrogen) atoms. The Balaban J connectivity index is 2.89. The number of nitriles is 1. The van der Waals surface area contributed by atoms with Gasteiger partial charge in [-0.15, -0.1) is 0 Å². The maximum atomic E-state index is 9.96. The second-order valence-corrected chi connectivity index (χ2v) is 4.46. The van der Waals surface area contributed by atoms with Crippen LogP contribution in [0.3, 0.4) is 0 Å². The SMILES string of the molecule is CC1C(C)(O)CCCC1(C)C#N. The van der Waals surface area contributed by atoms with Gasteiger partial charge < -0.3 is 5.11 Å². The van der Waals surface area contributed by atoms with Crippen LogP contribution < -0.4 is 0 Å². The lowest BCUT2D eigenvalue weighted by molar-refractivity contribution is -0.0674. The zero-order valence-corrected chi connectivity index (χ0v) is 8.09. The molecule has 3 unspecified atom stereocenters. The molecule has 1 rings (SSSR count). The van der Waals surface area contributed by atoms with Crippen LogP contribution in [0.15, 0.2) is 0 Å². The quantitative estimate of drug-likeness (QED) is 0.600. The minimum atomic E-state index is -0.650. The van der Waals surface area contributed by atoms with Crippen molar-refractivity contribution >= 4 is 0 Å². The minimum Gasteiger partial charge on any atom is -0.390 e. The topological polar surface area (TPSA) is 44.0 Å². The number of nitrogens with zero attached hydrogens (tertiary/aromatic N) is 1. The van der Waals surface area contributed by atoms with Crippen molar-refractivity contribution in [2.75, 3.05) is 0 Å². The highest BCUT2D eigenvalue weighted by atomic mass is 16.3. The number of hydrogen-bond donors (Lipinski definition) is 1. The average Bonchev–Trinajstić information content (AvgIpc) is 2.00. The summed E-state index contributed by atoms with van der Waals surface area (Å²) < 4.78 is 0. The molecule has 2 heteroatoms. The maximum Gasteiger partial charge on any atom is 0.0690 e. The summed E-state index contributed by atoms with van der Waals surface area (Å²) in [7, 11) is 0. The van der Waals surface area contributed by atoms with Crippen molar-refractivity contribution < 1.29 is 5.11 Å². The van der Waals surface area contributed by atoms with E-state index < -0.39 is 5.60 Å². The molecule has 1 N–H and O–H groups in total. The summed E-state index contributed by atoms with van der Waals surface area (Å²) >= 11 is 0. The zero-order chi connectivity index (χ0) is 9.41. The van der Waals surface area contributed by atoms with Gasteiger partial charge in [0.2, 0.25) is 0 Å². The van der Waals surface area contributed by atoms with Crippen LogP contribution in [0.4, 0.5) is 0 Å². The highest BCUT2D eigenvalue weighted by Crippen LogP contribution is 2.45. The van der Waals surface area contributed by atoms with E-state index in [0.717, 1.165) is 19.3 Å². The van der Waals surface area contributed by atoms with Crippen molar-refractivity contribution in [3.63, 3.8) is 0 Å². The molecular formula is C10H17NO. The van der Waals surface area contributed by atoms with Crippen molar-refractivity contribution in [2.24, 2.45) is 11.3 Å². The average molecular weight is 167 g/mol. The molecule has 2 nitrogen and oxygen atoms in total. The molecule has 1 aliphatic rings. The summed E-state index contributed by atoms with van der Waals surface area (Å²) in [6.07, 6.45) is 2.70. The van der Waals surface area contributed by atoms with E-state index in [0.29, 0.717) is 0 Å². The molecule has 0 aromatic carbocycles. The van der Waals surface area contributed by atoms with Gasteiger partial charge in [0.15, 0.2) is 0 Å². The van der Waals surface area contributed by atoms with Gasteiger partial charge in [0.1, 0.15) is 0 Å². The Bertz CT molecular complexity index is 216. The Morgan fingerprint density at radius 1 is 1.42 bits per heavy atom. The summed E-state index contributed by atoms with van der Waals surface area (Å²) in [5.74, 6) is 0.0729. The van der Waals surface area contributed by atoms with Crippen LogP contribution in [0.2, 0.25) is 0 Å². The third-order valence-corrected chi connectivity index (χ3v) is 3.52. The summed E-state index contributed by atoms with van der Waals surface area (Å²) in [4.78, 5) is 0. The van der Waals surface area contributed by atoms with E-state index >= 15 is 0 Å². The molecule has 1 fully saturated rings. The van der Waals surface area contributed by atoms with Crippen LogP contribution in [0, 0.1) is 22.7 Å². The van der Waals surface area contributed by atoms with Gasteiger partial charge in [-0.3, -0.25) is 0 Å². The molecule has 0 bridgehead atoms. The fourth-order valence-electron chi connectivity index (χ4n) is 2.09. The first-order valence-corrected chi connectivity index (χ1v) is 4.56. The van der Waals surface area contributed by atoms with E-state index in [9.17, 15) is 5.11 Å². The van der Waals surface area contributed by atoms with Crippen LogP contribution in [-0.4, -0.2) is 10.7 Å². The molecule has 0 heterocycles. The first-order valence-electron chi connectivity index (χ1n) is 4.56.